The molecular weight excluding hydrogens is 437 g/mol. The number of halogens is 1. The highest BCUT2D eigenvalue weighted by atomic mass is 32.2. The van der Waals surface area contributed by atoms with E-state index in [2.05, 4.69) is 25.5 Å². The van der Waals surface area contributed by atoms with Crippen LogP contribution in [-0.4, -0.2) is 87.4 Å². The van der Waals surface area contributed by atoms with Crippen molar-refractivity contribution in [3.63, 3.8) is 0 Å². The number of aromatic amines is 1. The maximum absolute atomic E-state index is 14.2. The fraction of sp³-hybridized carbons (Fsp3) is 0.579. The summed E-state index contributed by atoms with van der Waals surface area (Å²) in [7, 11) is -2.40. The van der Waals surface area contributed by atoms with Crippen LogP contribution < -0.4 is 10.2 Å². The summed E-state index contributed by atoms with van der Waals surface area (Å²) in [6.45, 7) is 2.42. The smallest absolute Gasteiger partial charge is 0.243 e. The monoisotopic (exact) mass is 463 g/mol. The van der Waals surface area contributed by atoms with E-state index in [4.69, 9.17) is 5.10 Å². The van der Waals surface area contributed by atoms with Gasteiger partial charge in [-0.15, -0.1) is 5.10 Å². The van der Waals surface area contributed by atoms with Crippen LogP contribution in [0.25, 0.3) is 16.9 Å². The molecule has 0 bridgehead atoms. The lowest BCUT2D eigenvalue weighted by Gasteiger charge is -2.31. The van der Waals surface area contributed by atoms with E-state index in [0.717, 1.165) is 31.4 Å². The molecule has 13 heteroatoms. The molecular formula is C19H26FN9O2S. The van der Waals surface area contributed by atoms with E-state index in [1.54, 1.807) is 23.1 Å². The molecule has 11 nitrogen and oxygen atoms in total. The molecule has 0 saturated carbocycles. The van der Waals surface area contributed by atoms with Crippen LogP contribution in [0.1, 0.15) is 25.7 Å². The number of likely N-dealkylation sites (tertiary alicyclic amines) is 1. The van der Waals surface area contributed by atoms with Gasteiger partial charge in [0.05, 0.1) is 24.8 Å². The molecule has 2 saturated heterocycles. The molecule has 5 rings (SSSR count). The zero-order valence-electron chi connectivity index (χ0n) is 17.5. The summed E-state index contributed by atoms with van der Waals surface area (Å²) in [5.74, 6) is 1.30. The Bertz CT molecular complexity index is 1130. The first-order valence-corrected chi connectivity index (χ1v) is 12.2. The van der Waals surface area contributed by atoms with Gasteiger partial charge in [0.1, 0.15) is 11.9 Å². The summed E-state index contributed by atoms with van der Waals surface area (Å²) < 4.78 is 37.9. The number of nitrogens with zero attached hydrogens (tertiary/aromatic N) is 7. The van der Waals surface area contributed by atoms with E-state index in [1.807, 2.05) is 9.80 Å². The second kappa shape index (κ2) is 8.98. The molecule has 3 aromatic heterocycles. The van der Waals surface area contributed by atoms with Gasteiger partial charge >= 0.3 is 0 Å². The topological polar surface area (TPSA) is 124 Å². The highest BCUT2D eigenvalue weighted by Crippen LogP contribution is 2.31. The van der Waals surface area contributed by atoms with Crippen LogP contribution in [0.15, 0.2) is 18.6 Å². The van der Waals surface area contributed by atoms with Crippen molar-refractivity contribution in [3.05, 3.63) is 18.6 Å². The van der Waals surface area contributed by atoms with Crippen molar-refractivity contribution in [2.45, 2.75) is 37.9 Å². The highest BCUT2D eigenvalue weighted by molar-refractivity contribution is 7.72. The highest BCUT2D eigenvalue weighted by Gasteiger charge is 2.27. The summed E-state index contributed by atoms with van der Waals surface area (Å²) >= 11 is 0. The summed E-state index contributed by atoms with van der Waals surface area (Å²) in [6, 6.07) is 0.156. The van der Waals surface area contributed by atoms with Gasteiger partial charge < -0.3 is 10.2 Å². The minimum Gasteiger partial charge on any atom is -0.352 e. The Balaban J connectivity index is 1.42. The summed E-state index contributed by atoms with van der Waals surface area (Å²) in [6.07, 6.45) is 7.14. The normalized spacial score (nSPS) is 20.9. The van der Waals surface area contributed by atoms with Gasteiger partial charge in [-0.2, -0.15) is 14.6 Å². The van der Waals surface area contributed by atoms with Crippen molar-refractivity contribution in [2.24, 2.45) is 0 Å². The molecule has 2 fully saturated rings. The van der Waals surface area contributed by atoms with Crippen LogP contribution in [-0.2, 0) is 10.7 Å². The third-order valence-electron chi connectivity index (χ3n) is 6.03. The van der Waals surface area contributed by atoms with E-state index >= 15 is 0 Å². The molecule has 0 radical (unpaired) electrons. The van der Waals surface area contributed by atoms with E-state index in [1.165, 1.54) is 0 Å². The quantitative estimate of drug-likeness (QED) is 0.457. The molecule has 2 aliphatic rings. The van der Waals surface area contributed by atoms with Gasteiger partial charge in [-0.05, 0) is 25.7 Å². The summed E-state index contributed by atoms with van der Waals surface area (Å²) in [5.41, 5.74) is 2.06. The summed E-state index contributed by atoms with van der Waals surface area (Å²) in [4.78, 5) is 13.1. The number of anilines is 2. The van der Waals surface area contributed by atoms with E-state index in [-0.39, 0.29) is 18.5 Å². The second-order valence-electron chi connectivity index (χ2n) is 8.32. The lowest BCUT2D eigenvalue weighted by atomic mass is 10.1. The summed E-state index contributed by atoms with van der Waals surface area (Å²) in [5, 5.41) is 14.9. The molecule has 0 spiro atoms. The van der Waals surface area contributed by atoms with Gasteiger partial charge in [-0.25, -0.2) is 17.8 Å². The minimum atomic E-state index is -2.40. The fourth-order valence-electron chi connectivity index (χ4n) is 4.46. The Kier molecular flexibility index (Phi) is 5.91. The van der Waals surface area contributed by atoms with Crippen molar-refractivity contribution in [1.29, 1.82) is 0 Å². The van der Waals surface area contributed by atoms with Crippen LogP contribution in [0.3, 0.4) is 0 Å². The second-order valence-corrected chi connectivity index (χ2v) is 9.27. The molecule has 0 aliphatic carbocycles. The van der Waals surface area contributed by atoms with Crippen molar-refractivity contribution < 1.29 is 12.8 Å². The molecule has 3 aromatic rings. The van der Waals surface area contributed by atoms with Crippen LogP contribution >= 0.6 is 0 Å². The number of piperidine rings is 2. The Hall–Kier alpha value is -2.80. The van der Waals surface area contributed by atoms with Crippen LogP contribution in [0.2, 0.25) is 0 Å². The Labute approximate surface area is 186 Å². The first kappa shape index (κ1) is 21.1. The predicted molar refractivity (Wildman–Crippen MR) is 118 cm³/mol. The van der Waals surface area contributed by atoms with Crippen LogP contribution in [0.5, 0.6) is 0 Å². The third kappa shape index (κ3) is 4.39. The third-order valence-corrected chi connectivity index (χ3v) is 6.66. The number of H-pyrrole nitrogens is 1. The molecule has 172 valence electrons. The van der Waals surface area contributed by atoms with Crippen molar-refractivity contribution in [2.75, 3.05) is 42.3 Å². The van der Waals surface area contributed by atoms with Gasteiger partial charge in [0.2, 0.25) is 5.95 Å². The van der Waals surface area contributed by atoms with Gasteiger partial charge in [0, 0.05) is 37.4 Å². The number of hydrogen-bond donors (Lipinski definition) is 3. The van der Waals surface area contributed by atoms with Gasteiger partial charge in [0.25, 0.3) is 0 Å². The van der Waals surface area contributed by atoms with Crippen molar-refractivity contribution in [1.82, 2.24) is 34.7 Å². The fourth-order valence-corrected chi connectivity index (χ4v) is 5.06. The number of aromatic nitrogens is 6. The van der Waals surface area contributed by atoms with Crippen LogP contribution in [0.4, 0.5) is 16.2 Å². The number of rotatable bonds is 6. The van der Waals surface area contributed by atoms with Crippen molar-refractivity contribution in [3.8, 4) is 11.3 Å². The average Bonchev–Trinajstić information content (AvgIpc) is 3.43. The Morgan fingerprint density at radius 2 is 2.03 bits per heavy atom. The number of alkyl halides is 1. The Morgan fingerprint density at radius 3 is 2.75 bits per heavy atom. The number of nitrogens with one attached hydrogen (secondary N) is 2. The van der Waals surface area contributed by atoms with Gasteiger partial charge in [-0.3, -0.25) is 10.00 Å². The van der Waals surface area contributed by atoms with E-state index in [0.29, 0.717) is 42.6 Å². The number of hydrogen-bond acceptors (Lipinski definition) is 9. The standard InChI is InChI=1S/C19H26FN9O2S/c20-14-2-1-5-28(11-14)18-17(13-8-22-23-9-13)21-10-16-25-19(26-29(16)18)24-15-3-6-27(7-4-15)12-32(30)31/h8-10,14-15,32H,1-7,11-12H2,(H,22,23)(H,24,26)/t14-/m0/s1. The Morgan fingerprint density at radius 1 is 1.19 bits per heavy atom. The van der Waals surface area contributed by atoms with Gasteiger partial charge in [-0.1, -0.05) is 0 Å². The molecule has 0 aromatic carbocycles. The molecule has 0 amide bonds. The van der Waals surface area contributed by atoms with Crippen LogP contribution in [0, 0.1) is 0 Å². The minimum absolute atomic E-state index is 0.103. The largest absolute Gasteiger partial charge is 0.352 e. The maximum atomic E-state index is 14.2. The zero-order chi connectivity index (χ0) is 22.1. The lowest BCUT2D eigenvalue weighted by molar-refractivity contribution is 0.250. The van der Waals surface area contributed by atoms with E-state index in [9.17, 15) is 12.8 Å². The average molecular weight is 464 g/mol. The lowest BCUT2D eigenvalue weighted by Crippen LogP contribution is -2.40. The number of fused-ring (bicyclic) bond motifs is 1. The number of thiol groups is 1. The molecule has 2 N–H and O–H groups in total. The molecule has 32 heavy (non-hydrogen) atoms. The predicted octanol–water partition coefficient (Wildman–Crippen LogP) is 0.898. The molecule has 5 heterocycles. The SMILES string of the molecule is O=[SH](=O)CN1CCC(Nc2nc3cnc(-c4cn[nH]c4)c(N4CCC[C@H](F)C4)n3n2)CC1. The molecule has 1 atom stereocenters. The molecule has 2 aliphatic heterocycles. The zero-order valence-corrected chi connectivity index (χ0v) is 18.4. The first-order valence-electron chi connectivity index (χ1n) is 10.8. The van der Waals surface area contributed by atoms with Gasteiger partial charge in [0.15, 0.2) is 22.2 Å². The first-order chi connectivity index (χ1) is 15.6. The maximum Gasteiger partial charge on any atom is 0.243 e. The van der Waals surface area contributed by atoms with Crippen molar-refractivity contribution >= 4 is 28.1 Å². The van der Waals surface area contributed by atoms with E-state index < -0.39 is 16.9 Å². The molecule has 0 unspecified atom stereocenters.